The molecule has 2 aromatic rings. The number of rotatable bonds is 2. The number of aromatic nitrogens is 4. The monoisotopic (exact) mass is 320 g/mol. The molecule has 3 rings (SSSR count). The molecule has 112 valence electrons. The maximum Gasteiger partial charge on any atom is 0.274 e. The van der Waals surface area contributed by atoms with Gasteiger partial charge < -0.3 is 5.32 Å². The number of hydrogen-bond donors (Lipinski definition) is 2. The van der Waals surface area contributed by atoms with Crippen LogP contribution in [0.15, 0.2) is 10.9 Å². The van der Waals surface area contributed by atoms with Gasteiger partial charge in [-0.25, -0.2) is 4.98 Å². The normalized spacial score (nSPS) is 15.7. The van der Waals surface area contributed by atoms with E-state index >= 15 is 0 Å². The van der Waals surface area contributed by atoms with E-state index < -0.39 is 0 Å². The number of nitrogens with zero attached hydrogens (tertiary/aromatic N) is 4. The van der Waals surface area contributed by atoms with Crippen LogP contribution in [-0.4, -0.2) is 50.7 Å². The summed E-state index contributed by atoms with van der Waals surface area (Å²) in [6.07, 6.45) is 0. The highest BCUT2D eigenvalue weighted by Gasteiger charge is 2.12. The zero-order valence-corrected chi connectivity index (χ0v) is 12.8. The molecular formula is C11H18Cl2N6O. The van der Waals surface area contributed by atoms with E-state index in [0.29, 0.717) is 18.1 Å². The first kappa shape index (κ1) is 16.9. The van der Waals surface area contributed by atoms with Gasteiger partial charge in [0, 0.05) is 38.8 Å². The zero-order chi connectivity index (χ0) is 12.5. The number of aryl methyl sites for hydroxylation is 1. The number of piperazine rings is 1. The molecule has 1 fully saturated rings. The molecule has 0 aliphatic carbocycles. The van der Waals surface area contributed by atoms with Crippen molar-refractivity contribution in [1.82, 2.24) is 29.8 Å². The van der Waals surface area contributed by atoms with Gasteiger partial charge in [0.25, 0.3) is 11.3 Å². The van der Waals surface area contributed by atoms with Crippen molar-refractivity contribution in [2.45, 2.75) is 13.5 Å². The summed E-state index contributed by atoms with van der Waals surface area (Å²) in [5.74, 6) is 1.14. The Kier molecular flexibility index (Phi) is 5.94. The van der Waals surface area contributed by atoms with Crippen LogP contribution in [0.3, 0.4) is 0 Å². The Hall–Kier alpha value is -1.15. The lowest BCUT2D eigenvalue weighted by Crippen LogP contribution is -2.43. The van der Waals surface area contributed by atoms with E-state index in [0.717, 1.165) is 31.9 Å². The van der Waals surface area contributed by atoms with Crippen LogP contribution < -0.4 is 10.9 Å². The standard InChI is InChI=1S/C11H16N6O.2ClH/c1-8-13-11-14-9(6-10(18)17(11)15-8)7-16-4-2-12-3-5-16;;/h6,12H,2-5,7H2,1H3,(H,13,14,15);2*1H. The van der Waals surface area contributed by atoms with Crippen LogP contribution in [0.25, 0.3) is 5.78 Å². The van der Waals surface area contributed by atoms with E-state index in [-0.39, 0.29) is 30.4 Å². The van der Waals surface area contributed by atoms with Crippen LogP contribution in [0.2, 0.25) is 0 Å². The third kappa shape index (κ3) is 3.49. The Morgan fingerprint density at radius 3 is 2.65 bits per heavy atom. The Bertz CT molecular complexity index is 619. The molecule has 20 heavy (non-hydrogen) atoms. The molecule has 0 aromatic carbocycles. The van der Waals surface area contributed by atoms with Crippen LogP contribution in [0, 0.1) is 6.92 Å². The summed E-state index contributed by atoms with van der Waals surface area (Å²) < 4.78 is 1.37. The van der Waals surface area contributed by atoms with Gasteiger partial charge in [0.05, 0.1) is 5.69 Å². The predicted octanol–water partition coefficient (Wildman–Crippen LogP) is -0.0252. The largest absolute Gasteiger partial charge is 0.314 e. The van der Waals surface area contributed by atoms with Crippen molar-refractivity contribution in [3.05, 3.63) is 27.9 Å². The second-order valence-electron chi connectivity index (χ2n) is 4.56. The molecule has 0 unspecified atom stereocenters. The van der Waals surface area contributed by atoms with Gasteiger partial charge >= 0.3 is 0 Å². The number of aromatic amines is 1. The molecule has 3 heterocycles. The van der Waals surface area contributed by atoms with Crippen LogP contribution in [0.1, 0.15) is 11.5 Å². The zero-order valence-electron chi connectivity index (χ0n) is 11.1. The molecule has 0 spiro atoms. The van der Waals surface area contributed by atoms with Crippen molar-refractivity contribution < 1.29 is 0 Å². The highest BCUT2D eigenvalue weighted by atomic mass is 35.5. The van der Waals surface area contributed by atoms with Crippen molar-refractivity contribution >= 4 is 30.6 Å². The van der Waals surface area contributed by atoms with E-state index in [1.165, 1.54) is 4.52 Å². The summed E-state index contributed by atoms with van der Waals surface area (Å²) in [6, 6.07) is 1.58. The number of H-pyrrole nitrogens is 1. The lowest BCUT2D eigenvalue weighted by Gasteiger charge is -2.26. The Balaban J connectivity index is 0.000001000. The Morgan fingerprint density at radius 1 is 1.25 bits per heavy atom. The summed E-state index contributed by atoms with van der Waals surface area (Å²) in [5, 5.41) is 6.16. The SMILES string of the molecule is Cc1nc2nc(CN3CCNCC3)cc(=O)n2[nH]1.Cl.Cl. The van der Waals surface area contributed by atoms with Gasteiger partial charge in [-0.1, -0.05) is 0 Å². The number of fused-ring (bicyclic) bond motifs is 1. The average Bonchev–Trinajstić information content (AvgIpc) is 2.72. The predicted molar refractivity (Wildman–Crippen MR) is 81.0 cm³/mol. The highest BCUT2D eigenvalue weighted by molar-refractivity contribution is 5.85. The number of halogens is 2. The molecule has 1 saturated heterocycles. The minimum atomic E-state index is -0.106. The summed E-state index contributed by atoms with van der Waals surface area (Å²) >= 11 is 0. The Morgan fingerprint density at radius 2 is 1.95 bits per heavy atom. The van der Waals surface area contributed by atoms with Crippen molar-refractivity contribution in [2.24, 2.45) is 0 Å². The average molecular weight is 321 g/mol. The molecular weight excluding hydrogens is 303 g/mol. The first-order valence-corrected chi connectivity index (χ1v) is 6.11. The third-order valence-electron chi connectivity index (χ3n) is 3.09. The van der Waals surface area contributed by atoms with Gasteiger partial charge in [0.1, 0.15) is 5.82 Å². The van der Waals surface area contributed by atoms with E-state index in [1.807, 2.05) is 6.92 Å². The molecule has 0 atom stereocenters. The van der Waals surface area contributed by atoms with Crippen LogP contribution >= 0.6 is 24.8 Å². The molecule has 1 aliphatic heterocycles. The molecule has 1 aliphatic rings. The maximum atomic E-state index is 11.9. The van der Waals surface area contributed by atoms with E-state index in [9.17, 15) is 4.79 Å². The second-order valence-corrected chi connectivity index (χ2v) is 4.56. The maximum absolute atomic E-state index is 11.9. The van der Waals surface area contributed by atoms with Crippen LogP contribution in [-0.2, 0) is 6.54 Å². The smallest absolute Gasteiger partial charge is 0.274 e. The third-order valence-corrected chi connectivity index (χ3v) is 3.09. The second kappa shape index (κ2) is 7.03. The summed E-state index contributed by atoms with van der Waals surface area (Å²) in [7, 11) is 0. The lowest BCUT2D eigenvalue weighted by molar-refractivity contribution is 0.230. The minimum Gasteiger partial charge on any atom is -0.314 e. The fraction of sp³-hybridized carbons (Fsp3) is 0.545. The van der Waals surface area contributed by atoms with E-state index in [4.69, 9.17) is 0 Å². The van der Waals surface area contributed by atoms with Crippen LogP contribution in [0.5, 0.6) is 0 Å². The number of hydrogen-bond acceptors (Lipinski definition) is 5. The van der Waals surface area contributed by atoms with Gasteiger partial charge in [0.15, 0.2) is 0 Å². The molecule has 0 radical (unpaired) electrons. The van der Waals surface area contributed by atoms with Gasteiger partial charge in [-0.2, -0.15) is 9.50 Å². The van der Waals surface area contributed by atoms with Crippen molar-refractivity contribution in [3.63, 3.8) is 0 Å². The first-order valence-electron chi connectivity index (χ1n) is 6.11. The van der Waals surface area contributed by atoms with Gasteiger partial charge in [-0.15, -0.1) is 24.8 Å². The first-order chi connectivity index (χ1) is 8.72. The van der Waals surface area contributed by atoms with Crippen molar-refractivity contribution in [1.29, 1.82) is 0 Å². The fourth-order valence-electron chi connectivity index (χ4n) is 2.21. The van der Waals surface area contributed by atoms with Crippen molar-refractivity contribution in [3.8, 4) is 0 Å². The quantitative estimate of drug-likeness (QED) is 0.812. The highest BCUT2D eigenvalue weighted by Crippen LogP contribution is 2.02. The molecule has 0 saturated carbocycles. The van der Waals surface area contributed by atoms with Crippen molar-refractivity contribution in [2.75, 3.05) is 26.2 Å². The molecule has 2 aromatic heterocycles. The topological polar surface area (TPSA) is 78.3 Å². The summed E-state index contributed by atoms with van der Waals surface area (Å²) in [6.45, 7) is 6.47. The lowest BCUT2D eigenvalue weighted by atomic mass is 10.3. The minimum absolute atomic E-state index is 0. The van der Waals surface area contributed by atoms with Gasteiger partial charge in [-0.3, -0.25) is 14.8 Å². The Labute approximate surface area is 128 Å². The number of nitrogens with one attached hydrogen (secondary N) is 2. The summed E-state index contributed by atoms with van der Waals surface area (Å²) in [5.41, 5.74) is 0.680. The summed E-state index contributed by atoms with van der Waals surface area (Å²) in [4.78, 5) is 22.8. The van der Waals surface area contributed by atoms with E-state index in [2.05, 4.69) is 25.3 Å². The fourth-order valence-corrected chi connectivity index (χ4v) is 2.21. The molecule has 0 amide bonds. The van der Waals surface area contributed by atoms with Gasteiger partial charge in [0.2, 0.25) is 0 Å². The molecule has 0 bridgehead atoms. The molecule has 9 heteroatoms. The molecule has 7 nitrogen and oxygen atoms in total. The molecule has 2 N–H and O–H groups in total. The van der Waals surface area contributed by atoms with Gasteiger partial charge in [-0.05, 0) is 6.92 Å². The van der Waals surface area contributed by atoms with E-state index in [1.54, 1.807) is 6.07 Å². The van der Waals surface area contributed by atoms with Crippen LogP contribution in [0.4, 0.5) is 0 Å².